The van der Waals surface area contributed by atoms with Gasteiger partial charge < -0.3 is 21.8 Å². The fraction of sp³-hybridized carbons (Fsp3) is 0.143. The number of carbonyl (C=O) groups is 1. The number of hydrogen-bond donors (Lipinski definition) is 4. The van der Waals surface area contributed by atoms with Gasteiger partial charge in [0.25, 0.3) is 5.91 Å². The minimum absolute atomic E-state index is 0.116. The summed E-state index contributed by atoms with van der Waals surface area (Å²) < 4.78 is 0. The number of fused-ring (bicyclic) bond motifs is 1. The fourth-order valence-electron chi connectivity index (χ4n) is 3.21. The molecule has 4 aromatic rings. The zero-order valence-electron chi connectivity index (χ0n) is 15.2. The number of rotatable bonds is 6. The van der Waals surface area contributed by atoms with Crippen molar-refractivity contribution < 1.29 is 4.79 Å². The number of aromatic amines is 1. The number of nitrogens with one attached hydrogen (secondary N) is 2. The summed E-state index contributed by atoms with van der Waals surface area (Å²) in [4.78, 5) is 21.7. The first-order valence-corrected chi connectivity index (χ1v) is 9.84. The quantitative estimate of drug-likeness (QED) is 0.405. The first-order valence-electron chi connectivity index (χ1n) is 9.02. The van der Waals surface area contributed by atoms with E-state index in [1.807, 2.05) is 60.8 Å². The van der Waals surface area contributed by atoms with E-state index in [0.29, 0.717) is 23.7 Å². The van der Waals surface area contributed by atoms with Crippen molar-refractivity contribution in [2.45, 2.75) is 12.5 Å². The van der Waals surface area contributed by atoms with Crippen LogP contribution in [0.25, 0.3) is 21.5 Å². The van der Waals surface area contributed by atoms with Crippen LogP contribution in [0, 0.1) is 0 Å². The lowest BCUT2D eigenvalue weighted by atomic mass is 10.1. The fourth-order valence-corrected chi connectivity index (χ4v) is 4.15. The Bertz CT molecular complexity index is 1100. The van der Waals surface area contributed by atoms with Crippen LogP contribution in [0.4, 0.5) is 5.82 Å². The Labute approximate surface area is 166 Å². The van der Waals surface area contributed by atoms with Crippen LogP contribution in [0.5, 0.6) is 0 Å². The molecule has 3 heterocycles. The van der Waals surface area contributed by atoms with Crippen molar-refractivity contribution in [3.8, 4) is 10.4 Å². The van der Waals surface area contributed by atoms with Gasteiger partial charge in [0.2, 0.25) is 0 Å². The molecular formula is C21H21N5OS. The van der Waals surface area contributed by atoms with E-state index in [4.69, 9.17) is 11.5 Å². The van der Waals surface area contributed by atoms with E-state index in [-0.39, 0.29) is 11.9 Å². The zero-order valence-corrected chi connectivity index (χ0v) is 16.0. The number of amides is 1. The Hall–Kier alpha value is -3.16. The lowest BCUT2D eigenvalue weighted by molar-refractivity contribution is 0.0942. The van der Waals surface area contributed by atoms with Crippen LogP contribution in [0.1, 0.15) is 15.2 Å². The zero-order chi connectivity index (χ0) is 19.5. The Morgan fingerprint density at radius 1 is 1.18 bits per heavy atom. The molecule has 7 heteroatoms. The van der Waals surface area contributed by atoms with Crippen LogP contribution < -0.4 is 16.8 Å². The van der Waals surface area contributed by atoms with Crippen molar-refractivity contribution in [1.29, 1.82) is 0 Å². The summed E-state index contributed by atoms with van der Waals surface area (Å²) >= 11 is 1.43. The lowest BCUT2D eigenvalue weighted by Gasteiger charge is -2.16. The SMILES string of the molecule is NCC(Cc1ccccc1)NC(=O)c1ccc(-c2cc(N)nc3[nH]ccc23)s1. The summed E-state index contributed by atoms with van der Waals surface area (Å²) in [6, 6.07) is 17.5. The molecule has 0 radical (unpaired) electrons. The Balaban J connectivity index is 1.53. The lowest BCUT2D eigenvalue weighted by Crippen LogP contribution is -2.41. The summed E-state index contributed by atoms with van der Waals surface area (Å²) in [6.07, 6.45) is 2.53. The number of nitrogen functional groups attached to an aromatic ring is 1. The van der Waals surface area contributed by atoms with Gasteiger partial charge in [0.15, 0.2) is 0 Å². The molecule has 142 valence electrons. The third-order valence-electron chi connectivity index (χ3n) is 4.59. The van der Waals surface area contributed by atoms with Gasteiger partial charge in [0.05, 0.1) is 4.88 Å². The molecule has 1 atom stereocenters. The van der Waals surface area contributed by atoms with Crippen molar-refractivity contribution in [3.05, 3.63) is 71.2 Å². The second kappa shape index (κ2) is 7.84. The average molecular weight is 392 g/mol. The van der Waals surface area contributed by atoms with Crippen LogP contribution in [0.3, 0.4) is 0 Å². The second-order valence-electron chi connectivity index (χ2n) is 6.59. The maximum Gasteiger partial charge on any atom is 0.261 e. The van der Waals surface area contributed by atoms with Gasteiger partial charge in [0.1, 0.15) is 11.5 Å². The van der Waals surface area contributed by atoms with Crippen molar-refractivity contribution in [2.24, 2.45) is 5.73 Å². The Morgan fingerprint density at radius 3 is 2.79 bits per heavy atom. The summed E-state index contributed by atoms with van der Waals surface area (Å²) in [5, 5.41) is 4.02. The van der Waals surface area contributed by atoms with E-state index in [1.165, 1.54) is 11.3 Å². The summed E-state index contributed by atoms with van der Waals surface area (Å²) in [6.45, 7) is 0.379. The molecule has 0 aliphatic rings. The largest absolute Gasteiger partial charge is 0.384 e. The maximum absolute atomic E-state index is 12.7. The van der Waals surface area contributed by atoms with Crippen LogP contribution in [-0.4, -0.2) is 28.5 Å². The smallest absolute Gasteiger partial charge is 0.261 e. The predicted octanol–water partition coefficient (Wildman–Crippen LogP) is 3.17. The highest BCUT2D eigenvalue weighted by Crippen LogP contribution is 2.34. The standard InChI is InChI=1S/C21H21N5OS/c22-12-14(10-13-4-2-1-3-5-13)25-21(27)18-7-6-17(28-18)16-11-19(23)26-20-15(16)8-9-24-20/h1-9,11,14H,10,12,22H2,(H,25,27)(H3,23,24,26). The molecule has 0 aliphatic carbocycles. The van der Waals surface area contributed by atoms with Gasteiger partial charge in [0, 0.05) is 34.6 Å². The number of thiophene rings is 1. The first kappa shape index (κ1) is 18.2. The minimum atomic E-state index is -0.117. The van der Waals surface area contributed by atoms with E-state index in [0.717, 1.165) is 27.0 Å². The molecule has 28 heavy (non-hydrogen) atoms. The van der Waals surface area contributed by atoms with Crippen molar-refractivity contribution >= 4 is 34.1 Å². The van der Waals surface area contributed by atoms with Crippen molar-refractivity contribution in [1.82, 2.24) is 15.3 Å². The van der Waals surface area contributed by atoms with Gasteiger partial charge in [-0.25, -0.2) is 4.98 Å². The molecule has 0 spiro atoms. The van der Waals surface area contributed by atoms with E-state index in [1.54, 1.807) is 0 Å². The summed E-state index contributed by atoms with van der Waals surface area (Å²) in [5.41, 5.74) is 14.6. The van der Waals surface area contributed by atoms with E-state index < -0.39 is 0 Å². The molecule has 4 rings (SSSR count). The number of aromatic nitrogens is 2. The Kier molecular flexibility index (Phi) is 5.10. The van der Waals surface area contributed by atoms with Gasteiger partial charge in [-0.05, 0) is 36.2 Å². The molecule has 0 aliphatic heterocycles. The van der Waals surface area contributed by atoms with Crippen molar-refractivity contribution in [3.63, 3.8) is 0 Å². The predicted molar refractivity (Wildman–Crippen MR) is 114 cm³/mol. The number of hydrogen-bond acceptors (Lipinski definition) is 5. The molecule has 1 amide bonds. The minimum Gasteiger partial charge on any atom is -0.384 e. The molecule has 3 aromatic heterocycles. The molecule has 1 aromatic carbocycles. The van der Waals surface area contributed by atoms with E-state index >= 15 is 0 Å². The van der Waals surface area contributed by atoms with Gasteiger partial charge >= 0.3 is 0 Å². The molecule has 6 nitrogen and oxygen atoms in total. The second-order valence-corrected chi connectivity index (χ2v) is 7.68. The number of carbonyl (C=O) groups excluding carboxylic acids is 1. The monoisotopic (exact) mass is 391 g/mol. The van der Waals surface area contributed by atoms with Gasteiger partial charge in [-0.15, -0.1) is 11.3 Å². The molecule has 0 saturated carbocycles. The normalized spacial score (nSPS) is 12.2. The van der Waals surface area contributed by atoms with Gasteiger partial charge in [-0.1, -0.05) is 30.3 Å². The van der Waals surface area contributed by atoms with Crippen molar-refractivity contribution in [2.75, 3.05) is 12.3 Å². The van der Waals surface area contributed by atoms with Crippen LogP contribution >= 0.6 is 11.3 Å². The topological polar surface area (TPSA) is 110 Å². The highest BCUT2D eigenvalue weighted by molar-refractivity contribution is 7.17. The Morgan fingerprint density at radius 2 is 2.00 bits per heavy atom. The number of nitrogens with zero attached hydrogens (tertiary/aromatic N) is 1. The summed E-state index contributed by atoms with van der Waals surface area (Å²) in [7, 11) is 0. The van der Waals surface area contributed by atoms with Crippen LogP contribution in [0.15, 0.2) is 60.8 Å². The van der Waals surface area contributed by atoms with Crippen LogP contribution in [-0.2, 0) is 6.42 Å². The highest BCUT2D eigenvalue weighted by Gasteiger charge is 2.17. The molecule has 0 bridgehead atoms. The van der Waals surface area contributed by atoms with E-state index in [9.17, 15) is 4.79 Å². The number of nitrogens with two attached hydrogens (primary N) is 2. The van der Waals surface area contributed by atoms with E-state index in [2.05, 4.69) is 15.3 Å². The number of pyridine rings is 1. The van der Waals surface area contributed by atoms with Crippen LogP contribution in [0.2, 0.25) is 0 Å². The first-order chi connectivity index (χ1) is 13.6. The molecule has 1 unspecified atom stereocenters. The maximum atomic E-state index is 12.7. The average Bonchev–Trinajstić information content (AvgIpc) is 3.37. The third kappa shape index (κ3) is 3.76. The van der Waals surface area contributed by atoms with Gasteiger partial charge in [-0.3, -0.25) is 4.79 Å². The molecule has 6 N–H and O–H groups in total. The molecule has 0 saturated heterocycles. The molecular weight excluding hydrogens is 370 g/mol. The number of anilines is 1. The third-order valence-corrected chi connectivity index (χ3v) is 5.71. The summed E-state index contributed by atoms with van der Waals surface area (Å²) in [5.74, 6) is 0.324. The highest BCUT2D eigenvalue weighted by atomic mass is 32.1. The van der Waals surface area contributed by atoms with Gasteiger partial charge in [-0.2, -0.15) is 0 Å². The number of benzene rings is 1. The number of H-pyrrole nitrogens is 1. The molecule has 0 fully saturated rings.